The van der Waals surface area contributed by atoms with Gasteiger partial charge in [0, 0.05) is 23.1 Å². The molecule has 0 atom stereocenters. The molecule has 4 nitrogen and oxygen atoms in total. The summed E-state index contributed by atoms with van der Waals surface area (Å²) in [6, 6.07) is 6.15. The number of likely N-dealkylation sites (tertiary alicyclic amines) is 1. The maximum absolute atomic E-state index is 5.93. The van der Waals surface area contributed by atoms with E-state index in [1.807, 2.05) is 12.1 Å². The van der Waals surface area contributed by atoms with E-state index in [1.165, 1.54) is 5.56 Å². The summed E-state index contributed by atoms with van der Waals surface area (Å²) in [6.07, 6.45) is 2.12. The normalized spacial score (nSPS) is 23.0. The van der Waals surface area contributed by atoms with Crippen molar-refractivity contribution in [2.75, 3.05) is 32.0 Å². The fraction of sp³-hybridized carbons (Fsp3) is 0.571. The smallest absolute Gasteiger partial charge is 0.181 e. The minimum atomic E-state index is -0.348. The van der Waals surface area contributed by atoms with Crippen LogP contribution in [0.2, 0.25) is 0 Å². The van der Waals surface area contributed by atoms with E-state index >= 15 is 0 Å². The first-order valence-corrected chi connectivity index (χ1v) is 7.50. The van der Waals surface area contributed by atoms with E-state index in [9.17, 15) is 0 Å². The zero-order valence-corrected chi connectivity index (χ0v) is 12.5. The molecule has 0 aliphatic carbocycles. The first kappa shape index (κ1) is 13.4. The van der Waals surface area contributed by atoms with Gasteiger partial charge in [-0.1, -0.05) is 6.07 Å². The van der Waals surface area contributed by atoms with Gasteiger partial charge in [0.05, 0.1) is 19.8 Å². The Morgan fingerprint density at radius 2 is 2.11 bits per heavy atom. The Kier molecular flexibility index (Phi) is 3.80. The summed E-state index contributed by atoms with van der Waals surface area (Å²) in [5.41, 5.74) is 7.95. The predicted octanol–water partition coefficient (Wildman–Crippen LogP) is 2.37. The van der Waals surface area contributed by atoms with Crippen LogP contribution in [0.25, 0.3) is 0 Å². The summed E-state index contributed by atoms with van der Waals surface area (Å²) in [7, 11) is 0. The van der Waals surface area contributed by atoms with Crippen LogP contribution in [-0.2, 0) is 16.0 Å². The van der Waals surface area contributed by atoms with Crippen molar-refractivity contribution in [1.82, 2.24) is 4.90 Å². The number of nitrogen functional groups attached to an aromatic ring is 1. The van der Waals surface area contributed by atoms with Crippen LogP contribution in [0.4, 0.5) is 5.69 Å². The number of nitrogens with two attached hydrogens (primary N) is 1. The maximum Gasteiger partial charge on any atom is 0.181 e. The highest BCUT2D eigenvalue weighted by Crippen LogP contribution is 2.31. The van der Waals surface area contributed by atoms with Gasteiger partial charge >= 0.3 is 0 Å². The first-order chi connectivity index (χ1) is 9.17. The Hall–Kier alpha value is -0.620. The maximum atomic E-state index is 5.93. The third-order valence-electron chi connectivity index (χ3n) is 3.78. The lowest BCUT2D eigenvalue weighted by atomic mass is 10.0. The molecule has 5 heteroatoms. The number of nitrogens with zero attached hydrogens (tertiary/aromatic N) is 1. The van der Waals surface area contributed by atoms with Crippen molar-refractivity contribution in [3.8, 4) is 0 Å². The van der Waals surface area contributed by atoms with Gasteiger partial charge in [-0.05, 0) is 46.6 Å². The van der Waals surface area contributed by atoms with Crippen LogP contribution < -0.4 is 5.73 Å². The molecule has 0 aromatic heterocycles. The number of piperidine rings is 1. The summed E-state index contributed by atoms with van der Waals surface area (Å²) in [5.74, 6) is -0.348. The highest BCUT2D eigenvalue weighted by molar-refractivity contribution is 9.10. The van der Waals surface area contributed by atoms with Crippen LogP contribution in [0.3, 0.4) is 0 Å². The van der Waals surface area contributed by atoms with Gasteiger partial charge in [0.25, 0.3) is 0 Å². The fourth-order valence-corrected chi connectivity index (χ4v) is 3.13. The van der Waals surface area contributed by atoms with Gasteiger partial charge in [0.15, 0.2) is 5.79 Å². The van der Waals surface area contributed by atoms with E-state index in [4.69, 9.17) is 15.2 Å². The summed E-state index contributed by atoms with van der Waals surface area (Å²) >= 11 is 3.42. The van der Waals surface area contributed by atoms with Crippen LogP contribution in [0, 0.1) is 0 Å². The molecule has 0 bridgehead atoms. The van der Waals surface area contributed by atoms with Gasteiger partial charge in [-0.15, -0.1) is 0 Å². The number of anilines is 1. The number of hydrogen-bond acceptors (Lipinski definition) is 4. The Morgan fingerprint density at radius 3 is 2.84 bits per heavy atom. The van der Waals surface area contributed by atoms with Crippen LogP contribution in [-0.4, -0.2) is 37.0 Å². The van der Waals surface area contributed by atoms with E-state index in [2.05, 4.69) is 26.9 Å². The van der Waals surface area contributed by atoms with Crippen molar-refractivity contribution in [3.05, 3.63) is 28.2 Å². The zero-order chi connectivity index (χ0) is 13.3. The SMILES string of the molecule is Nc1cc(CN2CCCC3(C2)OCCO3)ccc1Br. The summed E-state index contributed by atoms with van der Waals surface area (Å²) in [4.78, 5) is 2.39. The van der Waals surface area contributed by atoms with Crippen LogP contribution in [0.1, 0.15) is 18.4 Å². The van der Waals surface area contributed by atoms with Gasteiger partial charge in [-0.3, -0.25) is 4.90 Å². The highest BCUT2D eigenvalue weighted by atomic mass is 79.9. The highest BCUT2D eigenvalue weighted by Gasteiger charge is 2.40. The molecule has 1 aromatic rings. The number of rotatable bonds is 2. The van der Waals surface area contributed by atoms with Gasteiger partial charge < -0.3 is 15.2 Å². The molecule has 19 heavy (non-hydrogen) atoms. The van der Waals surface area contributed by atoms with E-state index in [0.29, 0.717) is 0 Å². The van der Waals surface area contributed by atoms with E-state index in [-0.39, 0.29) is 5.79 Å². The zero-order valence-electron chi connectivity index (χ0n) is 10.9. The Balaban J connectivity index is 1.67. The number of halogens is 1. The second-order valence-electron chi connectivity index (χ2n) is 5.28. The van der Waals surface area contributed by atoms with E-state index in [1.54, 1.807) is 0 Å². The lowest BCUT2D eigenvalue weighted by Crippen LogP contribution is -2.48. The molecule has 2 N–H and O–H groups in total. The molecule has 1 spiro atoms. The van der Waals surface area contributed by atoms with Gasteiger partial charge in [0.1, 0.15) is 0 Å². The standard InChI is InChI=1S/C14H19BrN2O2/c15-12-3-2-11(8-13(12)16)9-17-5-1-4-14(10-17)18-6-7-19-14/h2-3,8H,1,4-7,9-10,16H2. The molecule has 104 valence electrons. The van der Waals surface area contributed by atoms with Crippen molar-refractivity contribution in [3.63, 3.8) is 0 Å². The van der Waals surface area contributed by atoms with E-state index < -0.39 is 0 Å². The van der Waals surface area contributed by atoms with Crippen LogP contribution in [0.15, 0.2) is 22.7 Å². The lowest BCUT2D eigenvalue weighted by Gasteiger charge is -2.38. The second-order valence-corrected chi connectivity index (χ2v) is 6.13. The molecule has 0 radical (unpaired) electrons. The number of ether oxygens (including phenoxy) is 2. The molecule has 2 aliphatic heterocycles. The molecule has 2 fully saturated rings. The van der Waals surface area contributed by atoms with Crippen LogP contribution >= 0.6 is 15.9 Å². The molecular formula is C14H19BrN2O2. The minimum Gasteiger partial charge on any atom is -0.398 e. The summed E-state index contributed by atoms with van der Waals surface area (Å²) in [5, 5.41) is 0. The topological polar surface area (TPSA) is 47.7 Å². The van der Waals surface area contributed by atoms with Gasteiger partial charge in [0.2, 0.25) is 0 Å². The average Bonchev–Trinajstić information content (AvgIpc) is 2.82. The third kappa shape index (κ3) is 2.94. The van der Waals surface area contributed by atoms with E-state index in [0.717, 1.165) is 55.8 Å². The fourth-order valence-electron chi connectivity index (χ4n) is 2.89. The van der Waals surface area contributed by atoms with Crippen molar-refractivity contribution >= 4 is 21.6 Å². The molecule has 0 saturated carbocycles. The third-order valence-corrected chi connectivity index (χ3v) is 4.50. The Labute approximate surface area is 122 Å². The quantitative estimate of drug-likeness (QED) is 0.847. The van der Waals surface area contributed by atoms with Gasteiger partial charge in [-0.25, -0.2) is 0 Å². The second kappa shape index (κ2) is 5.40. The van der Waals surface area contributed by atoms with Crippen molar-refractivity contribution in [1.29, 1.82) is 0 Å². The van der Waals surface area contributed by atoms with Crippen LogP contribution in [0.5, 0.6) is 0 Å². The number of hydrogen-bond donors (Lipinski definition) is 1. The molecule has 2 saturated heterocycles. The molecule has 3 rings (SSSR count). The molecule has 1 aromatic carbocycles. The van der Waals surface area contributed by atoms with Gasteiger partial charge in [-0.2, -0.15) is 0 Å². The first-order valence-electron chi connectivity index (χ1n) is 6.71. The predicted molar refractivity (Wildman–Crippen MR) is 77.7 cm³/mol. The molecule has 2 heterocycles. The monoisotopic (exact) mass is 326 g/mol. The minimum absolute atomic E-state index is 0.348. The molecule has 0 amide bonds. The summed E-state index contributed by atoms with van der Waals surface area (Å²) in [6.45, 7) is 4.28. The Morgan fingerprint density at radius 1 is 1.32 bits per heavy atom. The Bertz CT molecular complexity index is 461. The molecule has 0 unspecified atom stereocenters. The summed E-state index contributed by atoms with van der Waals surface area (Å²) < 4.78 is 12.5. The lowest BCUT2D eigenvalue weighted by molar-refractivity contribution is -0.190. The van der Waals surface area contributed by atoms with Crippen molar-refractivity contribution in [2.24, 2.45) is 0 Å². The largest absolute Gasteiger partial charge is 0.398 e. The number of benzene rings is 1. The van der Waals surface area contributed by atoms with Crippen molar-refractivity contribution in [2.45, 2.75) is 25.2 Å². The molecular weight excluding hydrogens is 308 g/mol. The average molecular weight is 327 g/mol. The molecule has 2 aliphatic rings. The van der Waals surface area contributed by atoms with Crippen molar-refractivity contribution < 1.29 is 9.47 Å².